The first-order valence-corrected chi connectivity index (χ1v) is 9.06. The number of fused-ring (bicyclic) bond motifs is 4. The van der Waals surface area contributed by atoms with E-state index in [1.807, 2.05) is 47.0 Å². The standard InChI is InChI=1S/C19H17BrN4O2/c1-26-9-8-21-17(25)11-24-16-7-6-12(20)10-13(16)18-19(24)23-15-5-3-2-4-14(15)22-18/h2-7,10H,8-9,11H2,1H3,(H,21,25). The maximum absolute atomic E-state index is 12.4. The highest BCUT2D eigenvalue weighted by Gasteiger charge is 2.16. The molecule has 0 aliphatic rings. The molecule has 2 aromatic heterocycles. The second-order valence-corrected chi connectivity index (χ2v) is 6.89. The van der Waals surface area contributed by atoms with Gasteiger partial charge in [-0.3, -0.25) is 4.79 Å². The summed E-state index contributed by atoms with van der Waals surface area (Å²) in [6.45, 7) is 1.14. The fourth-order valence-electron chi connectivity index (χ4n) is 3.06. The van der Waals surface area contributed by atoms with Gasteiger partial charge in [0.2, 0.25) is 5.91 Å². The second kappa shape index (κ2) is 7.01. The molecule has 1 amide bonds. The van der Waals surface area contributed by atoms with Crippen LogP contribution in [0, 0.1) is 0 Å². The van der Waals surface area contributed by atoms with Gasteiger partial charge in [0, 0.05) is 23.5 Å². The Morgan fingerprint density at radius 2 is 1.96 bits per heavy atom. The first-order chi connectivity index (χ1) is 12.7. The van der Waals surface area contributed by atoms with Gasteiger partial charge in [-0.15, -0.1) is 0 Å². The van der Waals surface area contributed by atoms with E-state index in [1.54, 1.807) is 7.11 Å². The van der Waals surface area contributed by atoms with Crippen LogP contribution in [0.25, 0.3) is 33.1 Å². The van der Waals surface area contributed by atoms with E-state index in [4.69, 9.17) is 14.7 Å². The molecule has 0 fully saturated rings. The number of nitrogens with one attached hydrogen (secondary N) is 1. The summed E-state index contributed by atoms with van der Waals surface area (Å²) in [4.78, 5) is 21.9. The molecule has 7 heteroatoms. The van der Waals surface area contributed by atoms with Crippen LogP contribution in [0.2, 0.25) is 0 Å². The predicted molar refractivity (Wildman–Crippen MR) is 105 cm³/mol. The minimum atomic E-state index is -0.0845. The largest absolute Gasteiger partial charge is 0.383 e. The molecule has 0 radical (unpaired) electrons. The second-order valence-electron chi connectivity index (χ2n) is 5.97. The molecule has 0 bridgehead atoms. The third-order valence-corrected chi connectivity index (χ3v) is 4.74. The summed E-state index contributed by atoms with van der Waals surface area (Å²) in [6.07, 6.45) is 0. The summed E-state index contributed by atoms with van der Waals surface area (Å²) in [5, 5.41) is 3.83. The lowest BCUT2D eigenvalue weighted by Crippen LogP contribution is -2.30. The molecule has 4 rings (SSSR count). The highest BCUT2D eigenvalue weighted by atomic mass is 79.9. The average molecular weight is 413 g/mol. The number of nitrogens with zero attached hydrogens (tertiary/aromatic N) is 3. The summed E-state index contributed by atoms with van der Waals surface area (Å²) in [5.41, 5.74) is 4.08. The van der Waals surface area contributed by atoms with Crippen LogP contribution < -0.4 is 5.32 Å². The highest BCUT2D eigenvalue weighted by Crippen LogP contribution is 2.30. The predicted octanol–water partition coefficient (Wildman–Crippen LogP) is 3.26. The summed E-state index contributed by atoms with van der Waals surface area (Å²) in [7, 11) is 1.61. The number of carbonyl (C=O) groups excluding carboxylic acids is 1. The van der Waals surface area contributed by atoms with Gasteiger partial charge in [-0.2, -0.15) is 0 Å². The molecule has 0 atom stereocenters. The number of ether oxygens (including phenoxy) is 1. The third-order valence-electron chi connectivity index (χ3n) is 4.24. The van der Waals surface area contributed by atoms with Crippen molar-refractivity contribution >= 4 is 54.9 Å². The molecule has 0 saturated carbocycles. The molecule has 0 saturated heterocycles. The van der Waals surface area contributed by atoms with Crippen molar-refractivity contribution in [1.29, 1.82) is 0 Å². The number of aromatic nitrogens is 3. The van der Waals surface area contributed by atoms with Crippen LogP contribution >= 0.6 is 15.9 Å². The zero-order valence-electron chi connectivity index (χ0n) is 14.2. The Kier molecular flexibility index (Phi) is 4.57. The first-order valence-electron chi connectivity index (χ1n) is 8.27. The molecule has 0 unspecified atom stereocenters. The Bertz CT molecular complexity index is 1120. The number of hydrogen-bond donors (Lipinski definition) is 1. The van der Waals surface area contributed by atoms with Crippen molar-refractivity contribution in [1.82, 2.24) is 19.9 Å². The maximum atomic E-state index is 12.4. The number of rotatable bonds is 5. The Labute approximate surface area is 158 Å². The van der Waals surface area contributed by atoms with Crippen molar-refractivity contribution in [2.24, 2.45) is 0 Å². The molecule has 4 aromatic rings. The lowest BCUT2D eigenvalue weighted by molar-refractivity contribution is -0.121. The van der Waals surface area contributed by atoms with E-state index in [0.717, 1.165) is 31.9 Å². The molecule has 0 spiro atoms. The quantitative estimate of drug-likeness (QED) is 0.510. The van der Waals surface area contributed by atoms with E-state index in [9.17, 15) is 4.79 Å². The normalized spacial score (nSPS) is 11.5. The van der Waals surface area contributed by atoms with Crippen LogP contribution in [-0.2, 0) is 16.1 Å². The van der Waals surface area contributed by atoms with Gasteiger partial charge in [0.15, 0.2) is 5.65 Å². The van der Waals surface area contributed by atoms with Crippen molar-refractivity contribution in [3.05, 3.63) is 46.9 Å². The fraction of sp³-hybridized carbons (Fsp3) is 0.211. The Balaban J connectivity index is 1.88. The summed E-state index contributed by atoms with van der Waals surface area (Å²) >= 11 is 3.52. The summed E-state index contributed by atoms with van der Waals surface area (Å²) < 4.78 is 7.86. The zero-order valence-corrected chi connectivity index (χ0v) is 15.8. The first kappa shape index (κ1) is 16.9. The number of halogens is 1. The molecular weight excluding hydrogens is 396 g/mol. The van der Waals surface area contributed by atoms with Gasteiger partial charge >= 0.3 is 0 Å². The van der Waals surface area contributed by atoms with Crippen LogP contribution in [0.3, 0.4) is 0 Å². The lowest BCUT2D eigenvalue weighted by Gasteiger charge is -2.08. The van der Waals surface area contributed by atoms with Crippen LogP contribution in [0.1, 0.15) is 0 Å². The SMILES string of the molecule is COCCNC(=O)Cn1c2ccc(Br)cc2c2nc3ccccc3nc21. The number of hydrogen-bond acceptors (Lipinski definition) is 4. The van der Waals surface area contributed by atoms with Crippen molar-refractivity contribution in [3.8, 4) is 0 Å². The third kappa shape index (κ3) is 3.04. The molecule has 26 heavy (non-hydrogen) atoms. The van der Waals surface area contributed by atoms with Crippen molar-refractivity contribution in [2.75, 3.05) is 20.3 Å². The van der Waals surface area contributed by atoms with E-state index >= 15 is 0 Å². The van der Waals surface area contributed by atoms with Crippen molar-refractivity contribution < 1.29 is 9.53 Å². The zero-order chi connectivity index (χ0) is 18.1. The molecule has 6 nitrogen and oxygen atoms in total. The maximum Gasteiger partial charge on any atom is 0.240 e. The van der Waals surface area contributed by atoms with Gasteiger partial charge in [-0.05, 0) is 30.3 Å². The Hall–Kier alpha value is -2.51. The van der Waals surface area contributed by atoms with Gasteiger partial charge in [0.1, 0.15) is 12.1 Å². The molecule has 2 heterocycles. The number of benzene rings is 2. The van der Waals surface area contributed by atoms with Crippen molar-refractivity contribution in [3.63, 3.8) is 0 Å². The molecule has 2 aromatic carbocycles. The van der Waals surface area contributed by atoms with Gasteiger partial charge in [0.25, 0.3) is 0 Å². The number of para-hydroxylation sites is 2. The molecule has 0 aliphatic heterocycles. The van der Waals surface area contributed by atoms with E-state index < -0.39 is 0 Å². The highest BCUT2D eigenvalue weighted by molar-refractivity contribution is 9.10. The smallest absolute Gasteiger partial charge is 0.240 e. The van der Waals surface area contributed by atoms with Crippen LogP contribution in [-0.4, -0.2) is 40.7 Å². The Morgan fingerprint density at radius 3 is 2.73 bits per heavy atom. The van der Waals surface area contributed by atoms with Crippen LogP contribution in [0.5, 0.6) is 0 Å². The van der Waals surface area contributed by atoms with Crippen LogP contribution in [0.15, 0.2) is 46.9 Å². The van der Waals surface area contributed by atoms with E-state index in [1.165, 1.54) is 0 Å². The van der Waals surface area contributed by atoms with Gasteiger partial charge in [-0.25, -0.2) is 9.97 Å². The average Bonchev–Trinajstić information content (AvgIpc) is 2.92. The minimum absolute atomic E-state index is 0.0845. The minimum Gasteiger partial charge on any atom is -0.383 e. The molecule has 1 N–H and O–H groups in total. The molecular formula is C19H17BrN4O2. The molecule has 132 valence electrons. The summed E-state index contributed by atoms with van der Waals surface area (Å²) in [5.74, 6) is -0.0845. The number of amides is 1. The lowest BCUT2D eigenvalue weighted by atomic mass is 10.2. The fourth-order valence-corrected chi connectivity index (χ4v) is 3.42. The van der Waals surface area contributed by atoms with E-state index in [-0.39, 0.29) is 12.5 Å². The van der Waals surface area contributed by atoms with Gasteiger partial charge in [-0.1, -0.05) is 28.1 Å². The van der Waals surface area contributed by atoms with E-state index in [2.05, 4.69) is 21.2 Å². The topological polar surface area (TPSA) is 69.0 Å². The van der Waals surface area contributed by atoms with Crippen molar-refractivity contribution in [2.45, 2.75) is 6.54 Å². The monoisotopic (exact) mass is 412 g/mol. The number of methoxy groups -OCH3 is 1. The molecule has 0 aliphatic carbocycles. The van der Waals surface area contributed by atoms with Crippen LogP contribution in [0.4, 0.5) is 0 Å². The van der Waals surface area contributed by atoms with Gasteiger partial charge in [0.05, 0.1) is 23.2 Å². The number of carbonyl (C=O) groups is 1. The summed E-state index contributed by atoms with van der Waals surface area (Å²) in [6, 6.07) is 13.7. The van der Waals surface area contributed by atoms with Gasteiger partial charge < -0.3 is 14.6 Å². The Morgan fingerprint density at radius 1 is 1.19 bits per heavy atom. The van der Waals surface area contributed by atoms with E-state index in [0.29, 0.717) is 18.8 Å².